The van der Waals surface area contributed by atoms with Crippen LogP contribution in [-0.2, 0) is 11.3 Å². The molecule has 0 spiro atoms. The number of benzene rings is 2. The number of rotatable bonds is 4. The van der Waals surface area contributed by atoms with Crippen molar-refractivity contribution in [3.63, 3.8) is 0 Å². The minimum absolute atomic E-state index is 0.232. The lowest BCUT2D eigenvalue weighted by molar-refractivity contribution is 0.0600. The van der Waals surface area contributed by atoms with Crippen LogP contribution in [0.2, 0.25) is 0 Å². The zero-order valence-electron chi connectivity index (χ0n) is 10.7. The molecule has 0 saturated carbocycles. The van der Waals surface area contributed by atoms with Crippen LogP contribution in [0.4, 0.5) is 4.39 Å². The average Bonchev–Trinajstić information content (AvgIpc) is 2.48. The molecule has 0 aromatic heterocycles. The Morgan fingerprint density at radius 2 is 1.90 bits per heavy atom. The predicted octanol–water partition coefficient (Wildman–Crippen LogP) is 3.95. The van der Waals surface area contributed by atoms with Crippen LogP contribution in [0.25, 0.3) is 0 Å². The summed E-state index contributed by atoms with van der Waals surface area (Å²) in [6, 6.07) is 11.0. The highest BCUT2D eigenvalue weighted by atomic mass is 79.9. The quantitative estimate of drug-likeness (QED) is 0.791. The van der Waals surface area contributed by atoms with Gasteiger partial charge in [-0.2, -0.15) is 0 Å². The molecule has 104 valence electrons. The number of esters is 1. The number of carbonyl (C=O) groups excluding carboxylic acids is 1. The molecule has 0 saturated heterocycles. The smallest absolute Gasteiger partial charge is 0.337 e. The van der Waals surface area contributed by atoms with Crippen LogP contribution in [0, 0.1) is 5.82 Å². The van der Waals surface area contributed by atoms with Crippen molar-refractivity contribution in [1.82, 2.24) is 0 Å². The van der Waals surface area contributed by atoms with Crippen LogP contribution < -0.4 is 4.74 Å². The average molecular weight is 339 g/mol. The number of hydrogen-bond acceptors (Lipinski definition) is 3. The van der Waals surface area contributed by atoms with E-state index in [1.165, 1.54) is 19.2 Å². The summed E-state index contributed by atoms with van der Waals surface area (Å²) in [6.45, 7) is 0.232. The van der Waals surface area contributed by atoms with E-state index in [0.717, 1.165) is 4.47 Å². The van der Waals surface area contributed by atoms with Gasteiger partial charge in [0.15, 0.2) is 0 Å². The Morgan fingerprint density at radius 1 is 1.20 bits per heavy atom. The SMILES string of the molecule is COC(=O)c1ccc(OCc2cc(F)ccc2Br)cc1. The fourth-order valence-corrected chi connectivity index (χ4v) is 1.98. The Hall–Kier alpha value is -1.88. The van der Waals surface area contributed by atoms with Crippen LogP contribution >= 0.6 is 15.9 Å². The number of ether oxygens (including phenoxy) is 2. The van der Waals surface area contributed by atoms with E-state index in [9.17, 15) is 9.18 Å². The van der Waals surface area contributed by atoms with Crippen LogP contribution in [0.3, 0.4) is 0 Å². The van der Waals surface area contributed by atoms with E-state index in [2.05, 4.69) is 20.7 Å². The van der Waals surface area contributed by atoms with Crippen LogP contribution in [0.5, 0.6) is 5.75 Å². The van der Waals surface area contributed by atoms with Crippen molar-refractivity contribution in [2.45, 2.75) is 6.61 Å². The van der Waals surface area contributed by atoms with Crippen LogP contribution in [-0.4, -0.2) is 13.1 Å². The van der Waals surface area contributed by atoms with E-state index >= 15 is 0 Å². The lowest BCUT2D eigenvalue weighted by Crippen LogP contribution is -2.01. The van der Waals surface area contributed by atoms with Gasteiger partial charge in [-0.1, -0.05) is 15.9 Å². The Labute approximate surface area is 124 Å². The molecular weight excluding hydrogens is 327 g/mol. The minimum Gasteiger partial charge on any atom is -0.489 e. The second-order valence-corrected chi connectivity index (χ2v) is 4.89. The van der Waals surface area contributed by atoms with Gasteiger partial charge in [0, 0.05) is 10.0 Å². The van der Waals surface area contributed by atoms with Gasteiger partial charge in [-0.15, -0.1) is 0 Å². The standard InChI is InChI=1S/C15H12BrFO3/c1-19-15(18)10-2-5-13(6-3-10)20-9-11-8-12(17)4-7-14(11)16/h2-8H,9H2,1H3. The predicted molar refractivity (Wildman–Crippen MR) is 76.2 cm³/mol. The van der Waals surface area contributed by atoms with Gasteiger partial charge in [-0.3, -0.25) is 0 Å². The van der Waals surface area contributed by atoms with E-state index in [0.29, 0.717) is 16.9 Å². The minimum atomic E-state index is -0.399. The summed E-state index contributed by atoms with van der Waals surface area (Å²) in [5, 5.41) is 0. The summed E-state index contributed by atoms with van der Waals surface area (Å²) in [6.07, 6.45) is 0. The summed E-state index contributed by atoms with van der Waals surface area (Å²) in [5.41, 5.74) is 1.16. The van der Waals surface area contributed by atoms with Gasteiger partial charge < -0.3 is 9.47 Å². The highest BCUT2D eigenvalue weighted by molar-refractivity contribution is 9.10. The molecule has 0 radical (unpaired) electrons. The molecule has 0 amide bonds. The summed E-state index contributed by atoms with van der Waals surface area (Å²) in [4.78, 5) is 11.3. The Kier molecular flexibility index (Phi) is 4.74. The van der Waals surface area contributed by atoms with E-state index < -0.39 is 5.97 Å². The molecule has 0 atom stereocenters. The Bertz CT molecular complexity index is 611. The molecular formula is C15H12BrFO3. The van der Waals surface area contributed by atoms with Crippen molar-refractivity contribution in [2.75, 3.05) is 7.11 Å². The maximum absolute atomic E-state index is 13.1. The third kappa shape index (κ3) is 3.57. The summed E-state index contributed by atoms with van der Waals surface area (Å²) < 4.78 is 24.1. The van der Waals surface area contributed by atoms with E-state index in [1.54, 1.807) is 30.3 Å². The van der Waals surface area contributed by atoms with Crippen molar-refractivity contribution in [1.29, 1.82) is 0 Å². The van der Waals surface area contributed by atoms with Gasteiger partial charge in [-0.05, 0) is 42.5 Å². The second kappa shape index (κ2) is 6.52. The molecule has 2 rings (SSSR count). The molecule has 5 heteroatoms. The van der Waals surface area contributed by atoms with Gasteiger partial charge in [0.25, 0.3) is 0 Å². The van der Waals surface area contributed by atoms with Gasteiger partial charge in [-0.25, -0.2) is 9.18 Å². The number of carbonyl (C=O) groups is 1. The zero-order valence-corrected chi connectivity index (χ0v) is 12.3. The summed E-state index contributed by atoms with van der Waals surface area (Å²) in [5.74, 6) is -0.119. The summed E-state index contributed by atoms with van der Waals surface area (Å²) in [7, 11) is 1.33. The Morgan fingerprint density at radius 3 is 2.55 bits per heavy atom. The zero-order chi connectivity index (χ0) is 14.5. The van der Waals surface area contributed by atoms with Gasteiger partial charge in [0.05, 0.1) is 12.7 Å². The van der Waals surface area contributed by atoms with Crippen LogP contribution in [0.15, 0.2) is 46.9 Å². The van der Waals surface area contributed by atoms with Crippen molar-refractivity contribution >= 4 is 21.9 Å². The van der Waals surface area contributed by atoms with Crippen LogP contribution in [0.1, 0.15) is 15.9 Å². The first kappa shape index (κ1) is 14.5. The van der Waals surface area contributed by atoms with Crippen molar-refractivity contribution in [2.24, 2.45) is 0 Å². The molecule has 0 aliphatic carbocycles. The largest absolute Gasteiger partial charge is 0.489 e. The molecule has 0 bridgehead atoms. The molecule has 0 N–H and O–H groups in total. The Balaban J connectivity index is 2.04. The van der Waals surface area contributed by atoms with Crippen molar-refractivity contribution < 1.29 is 18.7 Å². The first-order chi connectivity index (χ1) is 9.60. The van der Waals surface area contributed by atoms with Crippen molar-refractivity contribution in [3.8, 4) is 5.75 Å². The topological polar surface area (TPSA) is 35.5 Å². The normalized spacial score (nSPS) is 10.2. The number of halogens is 2. The highest BCUT2D eigenvalue weighted by Gasteiger charge is 2.06. The summed E-state index contributed by atoms with van der Waals surface area (Å²) >= 11 is 3.34. The van der Waals surface area contributed by atoms with Crippen molar-refractivity contribution in [3.05, 3.63) is 63.9 Å². The number of methoxy groups -OCH3 is 1. The van der Waals surface area contributed by atoms with Gasteiger partial charge in [0.2, 0.25) is 0 Å². The maximum atomic E-state index is 13.1. The molecule has 0 aliphatic rings. The molecule has 0 aliphatic heterocycles. The lowest BCUT2D eigenvalue weighted by atomic mass is 10.2. The lowest BCUT2D eigenvalue weighted by Gasteiger charge is -2.08. The monoisotopic (exact) mass is 338 g/mol. The third-order valence-corrected chi connectivity index (χ3v) is 3.45. The number of hydrogen-bond donors (Lipinski definition) is 0. The second-order valence-electron chi connectivity index (χ2n) is 4.04. The molecule has 20 heavy (non-hydrogen) atoms. The fraction of sp³-hybridized carbons (Fsp3) is 0.133. The van der Waals surface area contributed by atoms with E-state index in [-0.39, 0.29) is 12.4 Å². The van der Waals surface area contributed by atoms with Gasteiger partial charge in [0.1, 0.15) is 18.2 Å². The van der Waals surface area contributed by atoms with E-state index in [4.69, 9.17) is 4.74 Å². The molecule has 0 heterocycles. The first-order valence-electron chi connectivity index (χ1n) is 5.85. The fourth-order valence-electron chi connectivity index (χ4n) is 1.62. The molecule has 3 nitrogen and oxygen atoms in total. The third-order valence-electron chi connectivity index (χ3n) is 2.68. The molecule has 0 fully saturated rings. The molecule has 0 unspecified atom stereocenters. The highest BCUT2D eigenvalue weighted by Crippen LogP contribution is 2.20. The molecule has 2 aromatic rings. The maximum Gasteiger partial charge on any atom is 0.337 e. The first-order valence-corrected chi connectivity index (χ1v) is 6.64. The van der Waals surface area contributed by atoms with E-state index in [1.807, 2.05) is 0 Å². The van der Waals surface area contributed by atoms with Gasteiger partial charge >= 0.3 is 5.97 Å². The molecule has 2 aromatic carbocycles.